The molecule has 10 heteroatoms. The largest absolute Gasteiger partial charge is 0.480 e. The van der Waals surface area contributed by atoms with Gasteiger partial charge in [-0.25, -0.2) is 0 Å². The maximum Gasteiger partial charge on any atom is 0.325 e. The summed E-state index contributed by atoms with van der Waals surface area (Å²) in [6.45, 7) is 2.96. The highest BCUT2D eigenvalue weighted by atomic mass is 32.2. The van der Waals surface area contributed by atoms with Gasteiger partial charge in [-0.3, -0.25) is 4.79 Å². The van der Waals surface area contributed by atoms with Crippen LogP contribution in [0.2, 0.25) is 0 Å². The quantitative estimate of drug-likeness (QED) is 0.583. The Bertz CT molecular complexity index is 1220. The zero-order chi connectivity index (χ0) is 22.5. The van der Waals surface area contributed by atoms with Crippen molar-refractivity contribution in [2.24, 2.45) is 5.92 Å². The van der Waals surface area contributed by atoms with Crippen molar-refractivity contribution in [1.29, 1.82) is 0 Å². The van der Waals surface area contributed by atoms with Gasteiger partial charge in [0.1, 0.15) is 11.1 Å². The molecule has 0 amide bonds. The summed E-state index contributed by atoms with van der Waals surface area (Å²) in [6, 6.07) is 17.1. The highest BCUT2D eigenvalue weighted by molar-refractivity contribution is 7.87. The zero-order valence-electron chi connectivity index (χ0n) is 17.5. The van der Waals surface area contributed by atoms with Crippen LogP contribution in [-0.2, 0) is 15.0 Å². The number of hydrogen-bond donors (Lipinski definition) is 2. The first kappa shape index (κ1) is 20.9. The molecule has 0 radical (unpaired) electrons. The van der Waals surface area contributed by atoms with E-state index in [2.05, 4.69) is 9.71 Å². The molecular weight excluding hydrogens is 432 g/mol. The second-order valence-electron chi connectivity index (χ2n) is 8.31. The first-order valence-electron chi connectivity index (χ1n) is 10.5. The van der Waals surface area contributed by atoms with Crippen LogP contribution in [0.15, 0.2) is 59.0 Å². The summed E-state index contributed by atoms with van der Waals surface area (Å²) in [5, 5.41) is 9.95. The van der Waals surface area contributed by atoms with E-state index in [0.29, 0.717) is 24.7 Å². The van der Waals surface area contributed by atoms with E-state index in [1.54, 1.807) is 6.92 Å². The third-order valence-electron chi connectivity index (χ3n) is 6.54. The molecule has 2 aliphatic rings. The van der Waals surface area contributed by atoms with E-state index in [9.17, 15) is 18.3 Å². The summed E-state index contributed by atoms with van der Waals surface area (Å²) in [7, 11) is -4.00. The lowest BCUT2D eigenvalue weighted by atomic mass is 10.1. The summed E-state index contributed by atoms with van der Waals surface area (Å²) >= 11 is 0. The van der Waals surface area contributed by atoms with Gasteiger partial charge < -0.3 is 14.4 Å². The van der Waals surface area contributed by atoms with Crippen LogP contribution in [-0.4, -0.2) is 60.5 Å². The van der Waals surface area contributed by atoms with Gasteiger partial charge in [0.2, 0.25) is 0 Å². The van der Waals surface area contributed by atoms with Gasteiger partial charge in [-0.15, -0.1) is 0 Å². The smallest absolute Gasteiger partial charge is 0.325 e. The van der Waals surface area contributed by atoms with Crippen molar-refractivity contribution in [3.8, 4) is 0 Å². The molecule has 168 valence electrons. The van der Waals surface area contributed by atoms with Crippen molar-refractivity contribution in [2.45, 2.75) is 18.4 Å². The maximum absolute atomic E-state index is 13.1. The molecule has 0 bridgehead atoms. The van der Waals surface area contributed by atoms with Crippen molar-refractivity contribution >= 4 is 33.3 Å². The predicted molar refractivity (Wildman–Crippen MR) is 119 cm³/mol. The number of carboxylic acids is 1. The molecule has 1 aromatic heterocycles. The Balaban J connectivity index is 1.30. The topological polar surface area (TPSA) is 116 Å². The van der Waals surface area contributed by atoms with Gasteiger partial charge in [0.25, 0.3) is 16.2 Å². The number of carboxylic acid groups (broad SMARTS) is 1. The Morgan fingerprint density at radius 2 is 1.75 bits per heavy atom. The molecule has 1 aliphatic heterocycles. The van der Waals surface area contributed by atoms with Crippen LogP contribution < -0.4 is 9.62 Å². The number of nitrogens with zero attached hydrogens (tertiary/aromatic N) is 3. The van der Waals surface area contributed by atoms with Gasteiger partial charge in [0, 0.05) is 32.1 Å². The Morgan fingerprint density at radius 1 is 1.09 bits per heavy atom. The molecule has 32 heavy (non-hydrogen) atoms. The van der Waals surface area contributed by atoms with Gasteiger partial charge in [-0.2, -0.15) is 22.4 Å². The van der Waals surface area contributed by atoms with Crippen molar-refractivity contribution in [1.82, 2.24) is 14.0 Å². The normalized spacial score (nSPS) is 26.3. The number of oxazole rings is 1. The number of aliphatic carboxylic acids is 1. The van der Waals surface area contributed by atoms with E-state index in [0.717, 1.165) is 11.1 Å². The third kappa shape index (κ3) is 3.35. The van der Waals surface area contributed by atoms with E-state index in [4.69, 9.17) is 4.42 Å². The van der Waals surface area contributed by atoms with Gasteiger partial charge in [-0.1, -0.05) is 49.4 Å². The number of piperazine rings is 1. The molecule has 1 saturated heterocycles. The van der Waals surface area contributed by atoms with Crippen LogP contribution >= 0.6 is 0 Å². The number of fused-ring (bicyclic) bond motifs is 1. The molecule has 1 aliphatic carbocycles. The van der Waals surface area contributed by atoms with Crippen molar-refractivity contribution in [2.75, 3.05) is 31.1 Å². The van der Waals surface area contributed by atoms with Crippen LogP contribution in [0.25, 0.3) is 11.1 Å². The summed E-state index contributed by atoms with van der Waals surface area (Å²) in [5.74, 6) is -1.94. The second-order valence-corrected chi connectivity index (χ2v) is 9.98. The van der Waals surface area contributed by atoms with Crippen molar-refractivity contribution in [3.05, 3.63) is 60.2 Å². The van der Waals surface area contributed by atoms with Gasteiger partial charge in [0.15, 0.2) is 5.58 Å². The van der Waals surface area contributed by atoms with Crippen LogP contribution in [0.4, 0.5) is 6.01 Å². The molecule has 5 rings (SSSR count). The van der Waals surface area contributed by atoms with E-state index < -0.39 is 27.6 Å². The summed E-state index contributed by atoms with van der Waals surface area (Å²) in [5.41, 5.74) is 0.693. The molecule has 2 N–H and O–H groups in total. The minimum Gasteiger partial charge on any atom is -0.480 e. The SMILES string of the molecule is CC1[C@H](c2ccccc2)[C@]1(NS(=O)(=O)N1CCN(c2nc3ccccc3o2)CC1)C(=O)O. The Hall–Kier alpha value is -2.95. The minimum atomic E-state index is -4.00. The number of hydrogen-bond acceptors (Lipinski definition) is 6. The fourth-order valence-electron chi connectivity index (χ4n) is 4.69. The number of nitrogens with one attached hydrogen (secondary N) is 1. The Morgan fingerprint density at radius 3 is 2.41 bits per heavy atom. The van der Waals surface area contributed by atoms with Gasteiger partial charge in [0.05, 0.1) is 0 Å². The standard InChI is InChI=1S/C22H24N4O5S/c1-15-19(16-7-3-2-4-8-16)22(15,20(27)28)24-32(29,30)26-13-11-25(12-14-26)21-23-17-9-5-6-10-18(17)31-21/h2-10,15,19,24H,11-14H2,1H3,(H,27,28)/t15?,19-,22+/m1/s1. The molecule has 1 unspecified atom stereocenters. The molecular formula is C22H24N4O5S. The predicted octanol–water partition coefficient (Wildman–Crippen LogP) is 2.04. The molecule has 9 nitrogen and oxygen atoms in total. The second kappa shape index (κ2) is 7.58. The fourth-order valence-corrected chi connectivity index (χ4v) is 6.29. The average molecular weight is 457 g/mol. The average Bonchev–Trinajstić information content (AvgIpc) is 3.16. The number of benzene rings is 2. The van der Waals surface area contributed by atoms with Gasteiger partial charge in [-0.05, 0) is 23.6 Å². The lowest BCUT2D eigenvalue weighted by Gasteiger charge is -2.33. The number of anilines is 1. The van der Waals surface area contributed by atoms with E-state index >= 15 is 0 Å². The van der Waals surface area contributed by atoms with Crippen LogP contribution in [0.5, 0.6) is 0 Å². The highest BCUT2D eigenvalue weighted by Gasteiger charge is 2.70. The molecule has 2 aromatic carbocycles. The number of rotatable bonds is 6. The molecule has 3 atom stereocenters. The first-order chi connectivity index (χ1) is 15.3. The zero-order valence-corrected chi connectivity index (χ0v) is 18.3. The van der Waals surface area contributed by atoms with E-state index in [-0.39, 0.29) is 19.0 Å². The van der Waals surface area contributed by atoms with Crippen molar-refractivity contribution in [3.63, 3.8) is 0 Å². The van der Waals surface area contributed by atoms with Crippen LogP contribution in [0, 0.1) is 5.92 Å². The summed E-state index contributed by atoms with van der Waals surface area (Å²) < 4.78 is 35.9. The third-order valence-corrected chi connectivity index (χ3v) is 8.18. The molecule has 2 heterocycles. The number of aromatic nitrogens is 1. The summed E-state index contributed by atoms with van der Waals surface area (Å²) in [6.07, 6.45) is 0. The summed E-state index contributed by atoms with van der Waals surface area (Å²) in [4.78, 5) is 18.5. The van der Waals surface area contributed by atoms with E-state index in [1.807, 2.05) is 59.5 Å². The van der Waals surface area contributed by atoms with E-state index in [1.165, 1.54) is 4.31 Å². The number of carbonyl (C=O) groups is 1. The molecule has 0 spiro atoms. The Labute approximate surface area is 185 Å². The van der Waals surface area contributed by atoms with Crippen molar-refractivity contribution < 1.29 is 22.7 Å². The maximum atomic E-state index is 13.1. The Kier molecular flexibility index (Phi) is 4.95. The number of para-hydroxylation sites is 2. The van der Waals surface area contributed by atoms with Gasteiger partial charge >= 0.3 is 5.97 Å². The fraction of sp³-hybridized carbons (Fsp3) is 0.364. The molecule has 3 aromatic rings. The van der Waals surface area contributed by atoms with Crippen LogP contribution in [0.1, 0.15) is 18.4 Å². The van der Waals surface area contributed by atoms with Crippen LogP contribution in [0.3, 0.4) is 0 Å². The lowest BCUT2D eigenvalue weighted by Crippen LogP contribution is -2.56. The lowest BCUT2D eigenvalue weighted by molar-refractivity contribution is -0.140. The molecule has 2 fully saturated rings. The highest BCUT2D eigenvalue weighted by Crippen LogP contribution is 2.57. The first-order valence-corrected chi connectivity index (χ1v) is 11.9. The molecule has 1 saturated carbocycles. The minimum absolute atomic E-state index is 0.203. The monoisotopic (exact) mass is 456 g/mol.